The minimum Gasteiger partial charge on any atom is -0.311 e. The summed E-state index contributed by atoms with van der Waals surface area (Å²) in [5.41, 5.74) is 0. The fraction of sp³-hybridized carbons (Fsp3) is 1.00. The van der Waals surface area contributed by atoms with Crippen LogP contribution in [0.5, 0.6) is 0 Å². The average molecular weight is 196 g/mol. The van der Waals surface area contributed by atoms with Crippen molar-refractivity contribution in [2.45, 2.75) is 51.0 Å². The number of hydrogen-bond acceptors (Lipinski definition) is 1. The fourth-order valence-corrected chi connectivity index (χ4v) is 3.44. The van der Waals surface area contributed by atoms with Crippen LogP contribution >= 0.6 is 0 Å². The highest BCUT2D eigenvalue weighted by Gasteiger charge is 2.34. The molecule has 0 bridgehead atoms. The molecule has 0 aromatic rings. The Balaban J connectivity index is 1.88. The minimum atomic E-state index is 0.0356. The van der Waals surface area contributed by atoms with E-state index in [0.29, 0.717) is 12.6 Å². The fourth-order valence-electron chi connectivity index (χ4n) is 3.44. The zero-order valence-electron chi connectivity index (χ0n) is 9.00. The van der Waals surface area contributed by atoms with Crippen LogP contribution in [0.3, 0.4) is 0 Å². The Labute approximate surface area is 87.1 Å². The first-order chi connectivity index (χ1) is 6.92. The minimum absolute atomic E-state index is 0.0356. The van der Waals surface area contributed by atoms with E-state index in [4.69, 9.17) is 0 Å². The highest BCUT2D eigenvalue weighted by Crippen LogP contribution is 2.40. The number of nitrogens with one attached hydrogen (secondary N) is 1. The van der Waals surface area contributed by atoms with E-state index in [1.54, 1.807) is 0 Å². The van der Waals surface area contributed by atoms with Crippen molar-refractivity contribution in [1.82, 2.24) is 5.32 Å². The van der Waals surface area contributed by atoms with Gasteiger partial charge in [0.25, 0.3) is 0 Å². The molecule has 0 spiro atoms. The van der Waals surface area contributed by atoms with Crippen LogP contribution in [0.1, 0.15) is 44.9 Å². The van der Waals surface area contributed by atoms with E-state index in [-0.39, 0.29) is 6.61 Å². The summed E-state index contributed by atoms with van der Waals surface area (Å²) in [6, 6.07) is 0.669. The predicted molar refractivity (Wildman–Crippen MR) is 56.6 cm³/mol. The maximum Gasteiger partial charge on any atom is 0.0946 e. The molecule has 2 heteroatoms. The van der Waals surface area contributed by atoms with E-state index in [1.165, 1.54) is 44.9 Å². The average Bonchev–Trinajstić information content (AvgIpc) is 2.26. The Morgan fingerprint density at radius 3 is 2.64 bits per heavy atom. The monoisotopic (exact) mass is 196 g/mol. The lowest BCUT2D eigenvalue weighted by Gasteiger charge is -2.41. The summed E-state index contributed by atoms with van der Waals surface area (Å²) >= 11 is 0. The summed E-state index contributed by atoms with van der Waals surface area (Å²) < 4.78 is 0. The van der Waals surface area contributed by atoms with Crippen molar-refractivity contribution in [3.8, 4) is 0 Å². The van der Waals surface area contributed by atoms with Crippen LogP contribution in [-0.2, 0) is 5.11 Å². The molecule has 3 atom stereocenters. The van der Waals surface area contributed by atoms with Crippen molar-refractivity contribution < 1.29 is 5.11 Å². The quantitative estimate of drug-likeness (QED) is 0.738. The summed E-state index contributed by atoms with van der Waals surface area (Å²) in [6.07, 6.45) is 9.83. The van der Waals surface area contributed by atoms with E-state index in [1.807, 2.05) is 0 Å². The molecule has 0 aromatic heterocycles. The zero-order valence-corrected chi connectivity index (χ0v) is 9.00. The SMILES string of the molecule is [O]CCNC1CCCC2CCCCC21. The van der Waals surface area contributed by atoms with E-state index in [9.17, 15) is 5.11 Å². The van der Waals surface area contributed by atoms with Crippen LogP contribution in [0.4, 0.5) is 0 Å². The summed E-state index contributed by atoms with van der Waals surface area (Å²) in [7, 11) is 0. The van der Waals surface area contributed by atoms with E-state index in [0.717, 1.165) is 11.8 Å². The van der Waals surface area contributed by atoms with Crippen LogP contribution in [0.15, 0.2) is 0 Å². The second-order valence-corrected chi connectivity index (χ2v) is 4.90. The second kappa shape index (κ2) is 5.13. The number of rotatable bonds is 3. The third-order valence-corrected chi connectivity index (χ3v) is 4.08. The van der Waals surface area contributed by atoms with E-state index in [2.05, 4.69) is 5.32 Å². The largest absolute Gasteiger partial charge is 0.311 e. The second-order valence-electron chi connectivity index (χ2n) is 4.90. The molecule has 2 rings (SSSR count). The lowest BCUT2D eigenvalue weighted by Crippen LogP contribution is -2.44. The van der Waals surface area contributed by atoms with Crippen molar-refractivity contribution in [2.75, 3.05) is 13.2 Å². The molecule has 2 aliphatic rings. The Bertz CT molecular complexity index is 170. The van der Waals surface area contributed by atoms with Crippen LogP contribution in [0.2, 0.25) is 0 Å². The van der Waals surface area contributed by atoms with Gasteiger partial charge in [0.15, 0.2) is 0 Å². The van der Waals surface area contributed by atoms with Crippen LogP contribution in [-0.4, -0.2) is 19.2 Å². The van der Waals surface area contributed by atoms with Gasteiger partial charge < -0.3 is 5.32 Å². The molecule has 0 saturated heterocycles. The highest BCUT2D eigenvalue weighted by molar-refractivity contribution is 4.88. The highest BCUT2D eigenvalue weighted by atomic mass is 16.3. The summed E-state index contributed by atoms with van der Waals surface area (Å²) in [6.45, 7) is 0.710. The third kappa shape index (κ3) is 2.29. The van der Waals surface area contributed by atoms with Crippen molar-refractivity contribution in [2.24, 2.45) is 11.8 Å². The predicted octanol–water partition coefficient (Wildman–Crippen LogP) is 2.37. The van der Waals surface area contributed by atoms with Crippen LogP contribution in [0, 0.1) is 11.8 Å². The van der Waals surface area contributed by atoms with Gasteiger partial charge in [0.1, 0.15) is 0 Å². The lowest BCUT2D eigenvalue weighted by atomic mass is 9.68. The molecule has 3 unspecified atom stereocenters. The lowest BCUT2D eigenvalue weighted by molar-refractivity contribution is 0.115. The third-order valence-electron chi connectivity index (χ3n) is 4.08. The standard InChI is InChI=1S/C12H22NO/c14-9-8-13-12-7-3-5-10-4-1-2-6-11(10)12/h10-13H,1-9H2. The first kappa shape index (κ1) is 10.4. The van der Waals surface area contributed by atoms with E-state index >= 15 is 0 Å². The number of fused-ring (bicyclic) bond motifs is 1. The smallest absolute Gasteiger partial charge is 0.0946 e. The molecule has 14 heavy (non-hydrogen) atoms. The van der Waals surface area contributed by atoms with Gasteiger partial charge >= 0.3 is 0 Å². The van der Waals surface area contributed by atoms with Gasteiger partial charge in [-0.25, -0.2) is 5.11 Å². The maximum atomic E-state index is 10.5. The molecule has 2 fully saturated rings. The molecule has 1 N–H and O–H groups in total. The van der Waals surface area contributed by atoms with Crippen molar-refractivity contribution >= 4 is 0 Å². The van der Waals surface area contributed by atoms with Gasteiger partial charge in [-0.15, -0.1) is 0 Å². The van der Waals surface area contributed by atoms with Gasteiger partial charge in [0.2, 0.25) is 0 Å². The summed E-state index contributed by atoms with van der Waals surface area (Å²) in [5, 5.41) is 13.9. The van der Waals surface area contributed by atoms with Crippen molar-refractivity contribution in [1.29, 1.82) is 0 Å². The molecular formula is C12H22NO. The maximum absolute atomic E-state index is 10.5. The van der Waals surface area contributed by atoms with Gasteiger partial charge in [0, 0.05) is 12.6 Å². The molecule has 2 saturated carbocycles. The van der Waals surface area contributed by atoms with Gasteiger partial charge in [-0.05, 0) is 24.7 Å². The molecule has 2 nitrogen and oxygen atoms in total. The van der Waals surface area contributed by atoms with Gasteiger partial charge in [0.05, 0.1) is 6.61 Å². The Hall–Kier alpha value is -0.0800. The normalized spacial score (nSPS) is 37.9. The number of hydrogen-bond donors (Lipinski definition) is 1. The molecule has 1 radical (unpaired) electrons. The molecule has 81 valence electrons. The van der Waals surface area contributed by atoms with Crippen LogP contribution in [0.25, 0.3) is 0 Å². The van der Waals surface area contributed by atoms with Crippen molar-refractivity contribution in [3.05, 3.63) is 0 Å². The van der Waals surface area contributed by atoms with Crippen LogP contribution < -0.4 is 5.32 Å². The zero-order chi connectivity index (χ0) is 9.80. The van der Waals surface area contributed by atoms with Crippen molar-refractivity contribution in [3.63, 3.8) is 0 Å². The topological polar surface area (TPSA) is 31.9 Å². The molecule has 0 aromatic carbocycles. The molecule has 2 aliphatic carbocycles. The van der Waals surface area contributed by atoms with Gasteiger partial charge in [-0.3, -0.25) is 0 Å². The first-order valence-electron chi connectivity index (χ1n) is 6.23. The first-order valence-corrected chi connectivity index (χ1v) is 6.23. The molecule has 0 amide bonds. The molecular weight excluding hydrogens is 174 g/mol. The molecule has 0 heterocycles. The molecule has 0 aliphatic heterocycles. The van der Waals surface area contributed by atoms with Gasteiger partial charge in [-0.2, -0.15) is 0 Å². The Kier molecular flexibility index (Phi) is 3.82. The summed E-state index contributed by atoms with van der Waals surface area (Å²) in [5.74, 6) is 1.87. The van der Waals surface area contributed by atoms with E-state index < -0.39 is 0 Å². The van der Waals surface area contributed by atoms with Gasteiger partial charge in [-0.1, -0.05) is 32.1 Å². The Morgan fingerprint density at radius 2 is 1.79 bits per heavy atom. The Morgan fingerprint density at radius 1 is 1.00 bits per heavy atom. The summed E-state index contributed by atoms with van der Waals surface area (Å²) in [4.78, 5) is 0.